The van der Waals surface area contributed by atoms with Crippen molar-refractivity contribution in [2.75, 3.05) is 10.6 Å². The number of halogens is 1. The highest BCUT2D eigenvalue weighted by Gasteiger charge is 2.25. The van der Waals surface area contributed by atoms with Crippen molar-refractivity contribution in [1.82, 2.24) is 4.57 Å². The summed E-state index contributed by atoms with van der Waals surface area (Å²) >= 11 is 3.53. The number of hydrogen-bond acceptors (Lipinski definition) is 5. The Morgan fingerprint density at radius 3 is 1.74 bits per heavy atom. The Morgan fingerprint density at radius 1 is 0.674 bits per heavy atom. The number of rotatable bonds is 5. The molecule has 0 atom stereocenters. The topological polar surface area (TPSA) is 98.7 Å². The van der Waals surface area contributed by atoms with Crippen molar-refractivity contribution in [2.24, 2.45) is 7.05 Å². The molecule has 7 rings (SSSR count). The number of fused-ring (bicyclic) bond motifs is 2. The predicted octanol–water partition coefficient (Wildman–Crippen LogP) is 8.00. The summed E-state index contributed by atoms with van der Waals surface area (Å²) in [6, 6.07) is 10.1. The molecule has 2 fully saturated rings. The minimum absolute atomic E-state index is 0.0163. The normalized spacial score (nSPS) is 18.3. The van der Waals surface area contributed by atoms with Gasteiger partial charge in [-0.3, -0.25) is 14.4 Å². The number of hydrogen-bond donors (Lipinski definition) is 2. The molecule has 0 spiro atoms. The summed E-state index contributed by atoms with van der Waals surface area (Å²) in [6.07, 6.45) is 16.7. The highest BCUT2D eigenvalue weighted by molar-refractivity contribution is 9.10. The maximum absolute atomic E-state index is 12.0. The molecule has 4 aliphatic rings. The number of aromatic nitrogens is 1. The lowest BCUT2D eigenvalue weighted by molar-refractivity contribution is -0.117. The van der Waals surface area contributed by atoms with E-state index in [0.29, 0.717) is 25.4 Å². The van der Waals surface area contributed by atoms with Crippen molar-refractivity contribution in [2.45, 2.75) is 109 Å². The van der Waals surface area contributed by atoms with E-state index in [-0.39, 0.29) is 23.5 Å². The second-order valence-corrected chi connectivity index (χ2v) is 14.0. The summed E-state index contributed by atoms with van der Waals surface area (Å²) in [5, 5.41) is 5.97. The molecule has 0 bridgehead atoms. The average molecular weight is 691 g/mol. The fraction of sp³-hybridized carbons (Fsp3) is 0.486. The van der Waals surface area contributed by atoms with Crippen LogP contribution in [0.4, 0.5) is 11.4 Å². The number of carbonyl (C=O) groups is 2. The second-order valence-electron chi connectivity index (χ2n) is 13.1. The van der Waals surface area contributed by atoms with E-state index in [9.17, 15) is 14.4 Å². The van der Waals surface area contributed by atoms with Crippen molar-refractivity contribution in [3.63, 3.8) is 0 Å². The molecule has 0 unspecified atom stereocenters. The second kappa shape index (κ2) is 14.4. The number of amides is 2. The van der Waals surface area contributed by atoms with Gasteiger partial charge in [-0.05, 0) is 124 Å². The number of nitrogens with zero attached hydrogens (tertiary/aromatic N) is 1. The Kier molecular flexibility index (Phi) is 10.2. The molecule has 9 heteroatoms. The summed E-state index contributed by atoms with van der Waals surface area (Å²) in [5.74, 6) is 1.71. The minimum atomic E-state index is 0.0163. The van der Waals surface area contributed by atoms with Crippen LogP contribution in [0.3, 0.4) is 0 Å². The number of anilines is 2. The van der Waals surface area contributed by atoms with Crippen LogP contribution in [0.1, 0.15) is 93.7 Å². The lowest BCUT2D eigenvalue weighted by Gasteiger charge is -2.27. The van der Waals surface area contributed by atoms with Crippen LogP contribution in [-0.4, -0.2) is 28.6 Å². The monoisotopic (exact) mass is 689 g/mol. The Hall–Kier alpha value is -3.59. The van der Waals surface area contributed by atoms with Crippen molar-refractivity contribution < 1.29 is 19.1 Å². The first kappa shape index (κ1) is 32.4. The molecule has 2 aliphatic heterocycles. The van der Waals surface area contributed by atoms with Crippen molar-refractivity contribution in [1.29, 1.82) is 0 Å². The third-order valence-electron chi connectivity index (χ3n) is 9.49. The van der Waals surface area contributed by atoms with Crippen molar-refractivity contribution in [3.05, 3.63) is 68.0 Å². The van der Waals surface area contributed by atoms with Crippen LogP contribution >= 0.6 is 15.9 Å². The van der Waals surface area contributed by atoms with Gasteiger partial charge in [0, 0.05) is 36.1 Å². The van der Waals surface area contributed by atoms with Crippen molar-refractivity contribution in [3.8, 4) is 22.6 Å². The molecule has 0 saturated heterocycles. The third kappa shape index (κ3) is 7.68. The summed E-state index contributed by atoms with van der Waals surface area (Å²) in [4.78, 5) is 35.6. The van der Waals surface area contributed by atoms with Gasteiger partial charge in [-0.1, -0.05) is 28.8 Å². The van der Waals surface area contributed by atoms with E-state index in [1.54, 1.807) is 11.6 Å². The first-order valence-corrected chi connectivity index (χ1v) is 17.6. The van der Waals surface area contributed by atoms with Crippen LogP contribution in [0.15, 0.2) is 45.8 Å². The van der Waals surface area contributed by atoms with E-state index in [4.69, 9.17) is 9.47 Å². The van der Waals surface area contributed by atoms with Gasteiger partial charge in [0.05, 0.1) is 23.6 Å². The molecule has 2 aliphatic carbocycles. The van der Waals surface area contributed by atoms with Gasteiger partial charge in [-0.25, -0.2) is 0 Å². The molecule has 3 aromatic rings. The van der Waals surface area contributed by atoms with Gasteiger partial charge < -0.3 is 24.7 Å². The number of aryl methyl sites for hydroxylation is 4. The Morgan fingerprint density at radius 2 is 1.20 bits per heavy atom. The highest BCUT2D eigenvalue weighted by atomic mass is 79.9. The molecule has 2 aromatic carbocycles. The van der Waals surface area contributed by atoms with E-state index in [2.05, 4.69) is 38.7 Å². The first-order valence-electron chi connectivity index (χ1n) is 16.8. The first-order chi connectivity index (χ1) is 22.2. The SMILES string of the molecule is Cc1cc(-c2cc3c(c(OC4CCCCC4)c2)NC(=O)CC3)cn(C)c1=O.O=C1CCc2cc(Br)cc(OC3CCCCC3)c2N1. The molecular weight excluding hydrogens is 646 g/mol. The lowest BCUT2D eigenvalue weighted by Crippen LogP contribution is -2.24. The smallest absolute Gasteiger partial charge is 0.253 e. The van der Waals surface area contributed by atoms with Crippen LogP contribution in [0.5, 0.6) is 11.5 Å². The van der Waals surface area contributed by atoms with Crippen LogP contribution in [0.2, 0.25) is 0 Å². The van der Waals surface area contributed by atoms with Crippen LogP contribution in [0, 0.1) is 6.92 Å². The predicted molar refractivity (Wildman–Crippen MR) is 185 cm³/mol. The molecule has 2 N–H and O–H groups in total. The largest absolute Gasteiger partial charge is 0.488 e. The maximum atomic E-state index is 12.0. The quantitative estimate of drug-likeness (QED) is 0.283. The van der Waals surface area contributed by atoms with Crippen LogP contribution < -0.4 is 25.7 Å². The summed E-state index contributed by atoms with van der Waals surface area (Å²) in [7, 11) is 1.77. The van der Waals surface area contributed by atoms with Crippen LogP contribution in [0.25, 0.3) is 11.1 Å². The van der Waals surface area contributed by atoms with E-state index >= 15 is 0 Å². The molecule has 0 radical (unpaired) electrons. The van der Waals surface area contributed by atoms with E-state index in [1.165, 1.54) is 44.1 Å². The van der Waals surface area contributed by atoms with Gasteiger partial charge in [0.1, 0.15) is 11.5 Å². The molecule has 2 saturated carbocycles. The average Bonchev–Trinajstić information content (AvgIpc) is 3.05. The maximum Gasteiger partial charge on any atom is 0.253 e. The fourth-order valence-corrected chi connectivity index (χ4v) is 7.48. The number of carbonyl (C=O) groups excluding carboxylic acids is 2. The van der Waals surface area contributed by atoms with Gasteiger partial charge in [-0.15, -0.1) is 0 Å². The van der Waals surface area contributed by atoms with E-state index < -0.39 is 0 Å². The zero-order chi connectivity index (χ0) is 32.2. The Bertz CT molecular complexity index is 1640. The summed E-state index contributed by atoms with van der Waals surface area (Å²) < 4.78 is 15.1. The van der Waals surface area contributed by atoms with Gasteiger partial charge in [0.2, 0.25) is 11.8 Å². The fourth-order valence-electron chi connectivity index (χ4n) is 7.00. The zero-order valence-electron chi connectivity index (χ0n) is 26.9. The van der Waals surface area contributed by atoms with Gasteiger partial charge >= 0.3 is 0 Å². The summed E-state index contributed by atoms with van der Waals surface area (Å²) in [6.45, 7) is 1.84. The van der Waals surface area contributed by atoms with Crippen LogP contribution in [-0.2, 0) is 29.5 Å². The van der Waals surface area contributed by atoms with Gasteiger partial charge in [-0.2, -0.15) is 0 Å². The molecule has 3 heterocycles. The summed E-state index contributed by atoms with van der Waals surface area (Å²) in [5.41, 5.74) is 6.71. The van der Waals surface area contributed by atoms with E-state index in [1.807, 2.05) is 31.3 Å². The molecule has 46 heavy (non-hydrogen) atoms. The van der Waals surface area contributed by atoms with E-state index in [0.717, 1.165) is 81.7 Å². The number of pyridine rings is 1. The minimum Gasteiger partial charge on any atom is -0.488 e. The van der Waals surface area contributed by atoms with Crippen molar-refractivity contribution >= 4 is 39.1 Å². The number of ether oxygens (including phenoxy) is 2. The van der Waals surface area contributed by atoms with Gasteiger partial charge in [0.25, 0.3) is 5.56 Å². The molecule has 244 valence electrons. The van der Waals surface area contributed by atoms with Gasteiger partial charge in [0.15, 0.2) is 0 Å². The molecule has 8 nitrogen and oxygen atoms in total. The Labute approximate surface area is 279 Å². The Balaban J connectivity index is 0.000000172. The standard InChI is InChI=1S/C22H26N2O3.C15H18BrNO2/c1-14-10-17(13-24(2)22(14)26)16-11-15-8-9-20(25)23-21(15)19(12-16)27-18-6-4-3-5-7-18;16-11-8-10-6-7-14(18)17-15(10)13(9-11)19-12-4-2-1-3-5-12/h10-13,18H,3-9H2,1-2H3,(H,23,25);8-9,12H,1-7H2,(H,17,18). The molecule has 2 amide bonds. The molecular formula is C37H44BrN3O5. The highest BCUT2D eigenvalue weighted by Crippen LogP contribution is 2.40. The molecule has 1 aromatic heterocycles. The third-order valence-corrected chi connectivity index (χ3v) is 9.95. The number of benzene rings is 2. The number of nitrogens with one attached hydrogen (secondary N) is 2. The lowest BCUT2D eigenvalue weighted by atomic mass is 9.95. The zero-order valence-corrected chi connectivity index (χ0v) is 28.5.